The van der Waals surface area contributed by atoms with Crippen LogP contribution in [0.4, 0.5) is 24.5 Å². The number of hydrogen-bond donors (Lipinski definition) is 2. The van der Waals surface area contributed by atoms with E-state index in [1.54, 1.807) is 22.6 Å². The summed E-state index contributed by atoms with van der Waals surface area (Å²) in [5.74, 6) is -0.927. The molecule has 0 amide bonds. The summed E-state index contributed by atoms with van der Waals surface area (Å²) < 4.78 is 41.1. The molecule has 118 valence electrons. The Morgan fingerprint density at radius 3 is 2.62 bits per heavy atom. The quantitative estimate of drug-likeness (QED) is 0.307. The topological polar surface area (TPSA) is 84.6 Å². The van der Waals surface area contributed by atoms with Gasteiger partial charge in [0.2, 0.25) is 0 Å². The van der Waals surface area contributed by atoms with Gasteiger partial charge in [0, 0.05) is 16.2 Å². The van der Waals surface area contributed by atoms with Crippen LogP contribution in [0.5, 0.6) is 5.75 Å². The number of nitrogens with one attached hydrogen (secondary N) is 1. The van der Waals surface area contributed by atoms with Crippen LogP contribution < -0.4 is 10.1 Å². The van der Waals surface area contributed by atoms with E-state index in [-0.39, 0.29) is 16.0 Å². The molecule has 21 heavy (non-hydrogen) atoms. The van der Waals surface area contributed by atoms with Gasteiger partial charge in [-0.1, -0.05) is 0 Å². The molecule has 0 heterocycles. The van der Waals surface area contributed by atoms with Crippen molar-refractivity contribution in [3.05, 3.63) is 25.8 Å². The number of aliphatic hydroxyl groups excluding tert-OH is 1. The van der Waals surface area contributed by atoms with E-state index in [0.29, 0.717) is 0 Å². The van der Waals surface area contributed by atoms with Crippen LogP contribution in [0.15, 0.2) is 12.1 Å². The standard InChI is InChI=1S/C10H9ClF3IN2O4/c11-3-6(18)4-16-9-7(17(19)20)1-5(15)2-8(9)21-10(12,13)14/h1-2,6,16,18H,3-4H2. The third-order valence-corrected chi connectivity index (χ3v) is 3.14. The van der Waals surface area contributed by atoms with E-state index in [4.69, 9.17) is 11.6 Å². The third kappa shape index (κ3) is 5.71. The fraction of sp³-hybridized carbons (Fsp3) is 0.400. The molecule has 1 unspecified atom stereocenters. The molecule has 0 aliphatic heterocycles. The molecule has 1 atom stereocenters. The summed E-state index contributed by atoms with van der Waals surface area (Å²) in [7, 11) is 0. The zero-order valence-electron chi connectivity index (χ0n) is 10.2. The van der Waals surface area contributed by atoms with E-state index in [2.05, 4.69) is 10.1 Å². The zero-order chi connectivity index (χ0) is 16.2. The van der Waals surface area contributed by atoms with Crippen LogP contribution in [0, 0.1) is 13.7 Å². The van der Waals surface area contributed by atoms with Gasteiger partial charge >= 0.3 is 6.36 Å². The third-order valence-electron chi connectivity index (χ3n) is 2.16. The number of halogens is 5. The van der Waals surface area contributed by atoms with Crippen molar-refractivity contribution < 1.29 is 27.9 Å². The van der Waals surface area contributed by atoms with Crippen molar-refractivity contribution in [2.24, 2.45) is 0 Å². The summed E-state index contributed by atoms with van der Waals surface area (Å²) in [5, 5.41) is 22.6. The lowest BCUT2D eigenvalue weighted by Crippen LogP contribution is -2.23. The van der Waals surface area contributed by atoms with Gasteiger partial charge in [-0.3, -0.25) is 10.1 Å². The van der Waals surface area contributed by atoms with Crippen molar-refractivity contribution in [2.45, 2.75) is 12.5 Å². The van der Waals surface area contributed by atoms with Crippen molar-refractivity contribution in [3.8, 4) is 5.75 Å². The first-order valence-corrected chi connectivity index (χ1v) is 6.97. The molecule has 0 bridgehead atoms. The molecule has 0 radical (unpaired) electrons. The lowest BCUT2D eigenvalue weighted by molar-refractivity contribution is -0.384. The number of anilines is 1. The van der Waals surface area contributed by atoms with Gasteiger partial charge in [-0.2, -0.15) is 0 Å². The van der Waals surface area contributed by atoms with Gasteiger partial charge in [0.1, 0.15) is 0 Å². The van der Waals surface area contributed by atoms with Gasteiger partial charge < -0.3 is 15.2 Å². The largest absolute Gasteiger partial charge is 0.573 e. The molecule has 0 aliphatic carbocycles. The first kappa shape index (κ1) is 18.0. The van der Waals surface area contributed by atoms with Crippen molar-refractivity contribution in [3.63, 3.8) is 0 Å². The predicted octanol–water partition coefficient (Wildman–Crippen LogP) is 3.11. The van der Waals surface area contributed by atoms with Crippen LogP contribution in [-0.4, -0.2) is 34.9 Å². The van der Waals surface area contributed by atoms with Crippen molar-refractivity contribution >= 4 is 45.6 Å². The number of alkyl halides is 4. The van der Waals surface area contributed by atoms with Crippen LogP contribution in [0.1, 0.15) is 0 Å². The highest BCUT2D eigenvalue weighted by Gasteiger charge is 2.34. The monoisotopic (exact) mass is 440 g/mol. The number of benzene rings is 1. The lowest BCUT2D eigenvalue weighted by Gasteiger charge is -2.16. The van der Waals surface area contributed by atoms with Crippen LogP contribution in [0.3, 0.4) is 0 Å². The molecule has 0 aromatic heterocycles. The molecule has 0 saturated heterocycles. The highest BCUT2D eigenvalue weighted by atomic mass is 127. The minimum atomic E-state index is -5.00. The molecule has 1 aromatic carbocycles. The SMILES string of the molecule is O=[N+]([O-])c1cc(I)cc(OC(F)(F)F)c1NCC(O)CCl. The summed E-state index contributed by atoms with van der Waals surface area (Å²) in [6.07, 6.45) is -6.08. The molecule has 6 nitrogen and oxygen atoms in total. The van der Waals surface area contributed by atoms with E-state index in [1.807, 2.05) is 0 Å². The Bertz CT molecular complexity index is 530. The van der Waals surface area contributed by atoms with E-state index < -0.39 is 34.5 Å². The van der Waals surface area contributed by atoms with E-state index in [9.17, 15) is 28.4 Å². The van der Waals surface area contributed by atoms with Crippen molar-refractivity contribution in [1.29, 1.82) is 0 Å². The maximum Gasteiger partial charge on any atom is 0.573 e. The van der Waals surface area contributed by atoms with E-state index >= 15 is 0 Å². The summed E-state index contributed by atoms with van der Waals surface area (Å²) in [6, 6.07) is 2.08. The smallest absolute Gasteiger partial charge is 0.403 e. The average Bonchev–Trinajstić information content (AvgIpc) is 2.34. The zero-order valence-corrected chi connectivity index (χ0v) is 13.1. The number of hydrogen-bond acceptors (Lipinski definition) is 5. The number of ether oxygens (including phenoxy) is 1. The summed E-state index contributed by atoms with van der Waals surface area (Å²) in [6.45, 7) is -0.265. The first-order chi connectivity index (χ1) is 9.64. The normalized spacial score (nSPS) is 12.9. The Labute approximate surface area is 135 Å². The predicted molar refractivity (Wildman–Crippen MR) is 77.7 cm³/mol. The molecule has 1 rings (SSSR count). The molecular formula is C10H9ClF3IN2O4. The van der Waals surface area contributed by atoms with Crippen molar-refractivity contribution in [1.82, 2.24) is 0 Å². The second-order valence-electron chi connectivity index (χ2n) is 3.79. The second-order valence-corrected chi connectivity index (χ2v) is 5.35. The van der Waals surface area contributed by atoms with Gasteiger partial charge in [0.05, 0.1) is 16.9 Å². The number of aliphatic hydroxyl groups is 1. The molecule has 1 aromatic rings. The maximum atomic E-state index is 12.4. The lowest BCUT2D eigenvalue weighted by atomic mass is 10.2. The van der Waals surface area contributed by atoms with Crippen molar-refractivity contribution in [2.75, 3.05) is 17.7 Å². The molecule has 0 saturated carbocycles. The highest BCUT2D eigenvalue weighted by Crippen LogP contribution is 2.39. The van der Waals surface area contributed by atoms with Crippen LogP contribution in [-0.2, 0) is 0 Å². The summed E-state index contributed by atoms with van der Waals surface area (Å²) >= 11 is 6.99. The van der Waals surface area contributed by atoms with E-state index in [1.165, 1.54) is 0 Å². The molecule has 0 aliphatic rings. The molecule has 2 N–H and O–H groups in total. The van der Waals surface area contributed by atoms with Gasteiger partial charge in [-0.15, -0.1) is 24.8 Å². The average molecular weight is 441 g/mol. The molecule has 11 heteroatoms. The number of nitrogens with zero attached hydrogens (tertiary/aromatic N) is 1. The van der Waals surface area contributed by atoms with Crippen LogP contribution in [0.25, 0.3) is 0 Å². The Morgan fingerprint density at radius 1 is 1.52 bits per heavy atom. The second kappa shape index (κ2) is 7.31. The first-order valence-electron chi connectivity index (χ1n) is 5.35. The molecule has 0 spiro atoms. The van der Waals surface area contributed by atoms with Gasteiger partial charge in [0.15, 0.2) is 11.4 Å². The van der Waals surface area contributed by atoms with Gasteiger partial charge in [-0.05, 0) is 28.7 Å². The molecular weight excluding hydrogens is 431 g/mol. The highest BCUT2D eigenvalue weighted by molar-refractivity contribution is 14.1. The van der Waals surface area contributed by atoms with Gasteiger partial charge in [0.25, 0.3) is 5.69 Å². The Kier molecular flexibility index (Phi) is 6.28. The Hall–Kier alpha value is -1.01. The maximum absolute atomic E-state index is 12.4. The summed E-state index contributed by atoms with van der Waals surface area (Å²) in [4.78, 5) is 10.1. The number of rotatable bonds is 6. The number of nitro benzene ring substituents is 1. The van der Waals surface area contributed by atoms with E-state index in [0.717, 1.165) is 12.1 Å². The minimum Gasteiger partial charge on any atom is -0.403 e. The van der Waals surface area contributed by atoms with Crippen LogP contribution in [0.2, 0.25) is 0 Å². The minimum absolute atomic E-state index is 0.180. The Balaban J connectivity index is 3.22. The van der Waals surface area contributed by atoms with Crippen LogP contribution >= 0.6 is 34.2 Å². The summed E-state index contributed by atoms with van der Waals surface area (Å²) in [5.41, 5.74) is -1.06. The number of nitro groups is 1. The Morgan fingerprint density at radius 2 is 2.14 bits per heavy atom. The fourth-order valence-corrected chi connectivity index (χ4v) is 2.06. The fourth-order valence-electron chi connectivity index (χ4n) is 1.37. The molecule has 0 fully saturated rings. The van der Waals surface area contributed by atoms with Gasteiger partial charge in [-0.25, -0.2) is 0 Å².